The van der Waals surface area contributed by atoms with Gasteiger partial charge in [0.05, 0.1) is 11.2 Å². The van der Waals surface area contributed by atoms with Crippen LogP contribution in [0.1, 0.15) is 28.2 Å². The van der Waals surface area contributed by atoms with Gasteiger partial charge in [0.25, 0.3) is 5.91 Å². The highest BCUT2D eigenvalue weighted by atomic mass is 32.1. The molecule has 70 valence electrons. The van der Waals surface area contributed by atoms with Crippen molar-refractivity contribution in [2.24, 2.45) is 5.92 Å². The van der Waals surface area contributed by atoms with Gasteiger partial charge in [0.15, 0.2) is 0 Å². The predicted octanol–water partition coefficient (Wildman–Crippen LogP) is 1.59. The molecule has 1 aromatic heterocycles. The molecule has 0 aliphatic heterocycles. The van der Waals surface area contributed by atoms with E-state index < -0.39 is 0 Å². The summed E-state index contributed by atoms with van der Waals surface area (Å²) in [6.45, 7) is 2.69. The topological polar surface area (TPSA) is 42.0 Å². The number of hydrogen-bond donors (Lipinski definition) is 1. The summed E-state index contributed by atoms with van der Waals surface area (Å²) < 4.78 is 0. The van der Waals surface area contributed by atoms with E-state index in [4.69, 9.17) is 0 Å². The van der Waals surface area contributed by atoms with Crippen molar-refractivity contribution in [3.63, 3.8) is 0 Å². The molecule has 1 N–H and O–H groups in total. The molecule has 0 atom stereocenters. The van der Waals surface area contributed by atoms with E-state index in [1.165, 1.54) is 24.2 Å². The van der Waals surface area contributed by atoms with E-state index in [9.17, 15) is 4.79 Å². The van der Waals surface area contributed by atoms with Gasteiger partial charge in [0, 0.05) is 6.54 Å². The summed E-state index contributed by atoms with van der Waals surface area (Å²) in [5.74, 6) is 0.768. The predicted molar refractivity (Wildman–Crippen MR) is 51.9 cm³/mol. The van der Waals surface area contributed by atoms with Gasteiger partial charge in [-0.25, -0.2) is 4.98 Å². The lowest BCUT2D eigenvalue weighted by atomic mass is 10.3. The fourth-order valence-corrected chi connectivity index (χ4v) is 1.88. The fourth-order valence-electron chi connectivity index (χ4n) is 1.16. The van der Waals surface area contributed by atoms with Gasteiger partial charge in [-0.05, 0) is 25.7 Å². The van der Waals surface area contributed by atoms with Crippen LogP contribution in [0.4, 0.5) is 0 Å². The Hall–Kier alpha value is -0.900. The van der Waals surface area contributed by atoms with Crippen LogP contribution >= 0.6 is 11.3 Å². The minimum atomic E-state index is 0.0342. The number of rotatable bonds is 3. The van der Waals surface area contributed by atoms with Crippen LogP contribution in [-0.2, 0) is 0 Å². The van der Waals surface area contributed by atoms with Crippen molar-refractivity contribution >= 4 is 17.2 Å². The molecule has 13 heavy (non-hydrogen) atoms. The van der Waals surface area contributed by atoms with Crippen molar-refractivity contribution in [2.45, 2.75) is 19.8 Å². The Labute approximate surface area is 81.2 Å². The van der Waals surface area contributed by atoms with Gasteiger partial charge in [0.2, 0.25) is 0 Å². The van der Waals surface area contributed by atoms with Crippen LogP contribution in [0.15, 0.2) is 5.51 Å². The van der Waals surface area contributed by atoms with Gasteiger partial charge in [-0.2, -0.15) is 0 Å². The molecule has 4 heteroatoms. The molecule has 0 aromatic carbocycles. The highest BCUT2D eigenvalue weighted by molar-refractivity contribution is 7.11. The third-order valence-corrected chi connectivity index (χ3v) is 3.13. The molecule has 1 aliphatic rings. The van der Waals surface area contributed by atoms with Gasteiger partial charge in [-0.3, -0.25) is 4.79 Å². The molecule has 0 spiro atoms. The Kier molecular flexibility index (Phi) is 2.31. The number of carbonyl (C=O) groups excluding carboxylic acids is 1. The average molecular weight is 196 g/mol. The summed E-state index contributed by atoms with van der Waals surface area (Å²) in [5, 5.41) is 2.92. The summed E-state index contributed by atoms with van der Waals surface area (Å²) in [4.78, 5) is 16.3. The second-order valence-electron chi connectivity index (χ2n) is 3.42. The first-order chi connectivity index (χ1) is 6.27. The SMILES string of the molecule is Cc1ncsc1C(=O)NCC1CC1. The molecule has 0 saturated heterocycles. The minimum Gasteiger partial charge on any atom is -0.351 e. The first-order valence-electron chi connectivity index (χ1n) is 4.45. The van der Waals surface area contributed by atoms with Crippen LogP contribution in [-0.4, -0.2) is 17.4 Å². The maximum atomic E-state index is 11.5. The zero-order valence-electron chi connectivity index (χ0n) is 7.54. The van der Waals surface area contributed by atoms with E-state index in [-0.39, 0.29) is 5.91 Å². The molecule has 1 aromatic rings. The van der Waals surface area contributed by atoms with E-state index in [1.807, 2.05) is 6.92 Å². The van der Waals surface area contributed by atoms with E-state index in [0.717, 1.165) is 23.0 Å². The first-order valence-corrected chi connectivity index (χ1v) is 5.33. The van der Waals surface area contributed by atoms with Crippen LogP contribution in [0.25, 0.3) is 0 Å². The number of aryl methyl sites for hydroxylation is 1. The molecule has 1 aliphatic carbocycles. The summed E-state index contributed by atoms with van der Waals surface area (Å²) in [7, 11) is 0. The molecular formula is C9H12N2OS. The van der Waals surface area contributed by atoms with E-state index >= 15 is 0 Å². The van der Waals surface area contributed by atoms with Crippen molar-refractivity contribution in [2.75, 3.05) is 6.54 Å². The zero-order chi connectivity index (χ0) is 9.26. The Morgan fingerprint density at radius 3 is 3.08 bits per heavy atom. The molecule has 0 radical (unpaired) electrons. The maximum Gasteiger partial charge on any atom is 0.263 e. The van der Waals surface area contributed by atoms with E-state index in [2.05, 4.69) is 10.3 Å². The number of hydrogen-bond acceptors (Lipinski definition) is 3. The highest BCUT2D eigenvalue weighted by Gasteiger charge is 2.22. The van der Waals surface area contributed by atoms with Crippen LogP contribution in [0.5, 0.6) is 0 Å². The number of nitrogens with one attached hydrogen (secondary N) is 1. The number of nitrogens with zero attached hydrogens (tertiary/aromatic N) is 1. The monoisotopic (exact) mass is 196 g/mol. The molecule has 3 nitrogen and oxygen atoms in total. The second kappa shape index (κ2) is 3.46. The van der Waals surface area contributed by atoms with Gasteiger partial charge in [-0.15, -0.1) is 11.3 Å². The lowest BCUT2D eigenvalue weighted by Crippen LogP contribution is -2.25. The van der Waals surface area contributed by atoms with Crippen molar-refractivity contribution in [3.8, 4) is 0 Å². The molecule has 2 rings (SSSR count). The van der Waals surface area contributed by atoms with E-state index in [0.29, 0.717) is 0 Å². The van der Waals surface area contributed by atoms with Crippen molar-refractivity contribution in [1.29, 1.82) is 0 Å². The number of thiazole rings is 1. The summed E-state index contributed by atoms with van der Waals surface area (Å²) in [6.07, 6.45) is 2.53. The third-order valence-electron chi connectivity index (χ3n) is 2.20. The average Bonchev–Trinajstić information content (AvgIpc) is 2.84. The summed E-state index contributed by atoms with van der Waals surface area (Å²) in [6, 6.07) is 0. The number of carbonyl (C=O) groups is 1. The minimum absolute atomic E-state index is 0.0342. The van der Waals surface area contributed by atoms with Crippen molar-refractivity contribution in [3.05, 3.63) is 16.1 Å². The number of aromatic nitrogens is 1. The molecule has 0 bridgehead atoms. The van der Waals surface area contributed by atoms with Crippen LogP contribution in [0, 0.1) is 12.8 Å². The molecular weight excluding hydrogens is 184 g/mol. The van der Waals surface area contributed by atoms with Crippen LogP contribution < -0.4 is 5.32 Å². The van der Waals surface area contributed by atoms with Crippen molar-refractivity contribution < 1.29 is 4.79 Å². The first kappa shape index (κ1) is 8.69. The normalized spacial score (nSPS) is 15.8. The number of amides is 1. The van der Waals surface area contributed by atoms with Gasteiger partial charge >= 0.3 is 0 Å². The molecule has 0 unspecified atom stereocenters. The van der Waals surface area contributed by atoms with Gasteiger partial charge < -0.3 is 5.32 Å². The van der Waals surface area contributed by atoms with Gasteiger partial charge in [-0.1, -0.05) is 0 Å². The molecule has 1 fully saturated rings. The Balaban J connectivity index is 1.92. The lowest BCUT2D eigenvalue weighted by Gasteiger charge is -2.01. The summed E-state index contributed by atoms with van der Waals surface area (Å²) >= 11 is 1.41. The summed E-state index contributed by atoms with van der Waals surface area (Å²) in [5.41, 5.74) is 2.54. The highest BCUT2D eigenvalue weighted by Crippen LogP contribution is 2.27. The quantitative estimate of drug-likeness (QED) is 0.797. The van der Waals surface area contributed by atoms with Gasteiger partial charge in [0.1, 0.15) is 4.88 Å². The third kappa shape index (κ3) is 2.06. The second-order valence-corrected chi connectivity index (χ2v) is 4.28. The standard InChI is InChI=1S/C9H12N2OS/c1-6-8(13-5-11-6)9(12)10-4-7-2-3-7/h5,7H,2-4H2,1H3,(H,10,12). The van der Waals surface area contributed by atoms with Crippen LogP contribution in [0.3, 0.4) is 0 Å². The largest absolute Gasteiger partial charge is 0.351 e. The van der Waals surface area contributed by atoms with Crippen molar-refractivity contribution in [1.82, 2.24) is 10.3 Å². The smallest absolute Gasteiger partial charge is 0.263 e. The molecule has 1 saturated carbocycles. The Morgan fingerprint density at radius 1 is 1.77 bits per heavy atom. The fraction of sp³-hybridized carbons (Fsp3) is 0.556. The maximum absolute atomic E-state index is 11.5. The van der Waals surface area contributed by atoms with E-state index in [1.54, 1.807) is 5.51 Å². The van der Waals surface area contributed by atoms with Crippen LogP contribution in [0.2, 0.25) is 0 Å². The lowest BCUT2D eigenvalue weighted by molar-refractivity contribution is 0.0955. The Morgan fingerprint density at radius 2 is 2.54 bits per heavy atom. The molecule has 1 amide bonds. The molecule has 1 heterocycles. The Bertz CT molecular complexity index is 317. The zero-order valence-corrected chi connectivity index (χ0v) is 8.36.